The standard InChI is InChI=1S/C20H44N.C8HF17O3S/c1-5-9-13-17-21(18-14-10-6-2,19-15-11-7-3)20-16-12-8-4;9-1(10,3(13,14)5(17,18)7(21,22)23)2(11,12)4(15,16)6(19,20)8(24,25)29(26,27)28/h5-20H2,1-4H3;(H,26,27,28)/q+1;/p-1. The largest absolute Gasteiger partial charge is 0.743 e. The Morgan fingerprint density at radius 1 is 0.400 bits per heavy atom. The van der Waals surface area contributed by atoms with E-state index in [9.17, 15) is 87.6 Å². The minimum atomic E-state index is -8.92. The van der Waals surface area contributed by atoms with Gasteiger partial charge in [-0.05, 0) is 51.4 Å². The lowest BCUT2D eigenvalue weighted by Crippen LogP contribution is -2.75. The third kappa shape index (κ3) is 10.9. The molecule has 0 atom stereocenters. The molecule has 0 unspecified atom stereocenters. The van der Waals surface area contributed by atoms with Crippen LogP contribution in [0.4, 0.5) is 74.6 Å². The van der Waals surface area contributed by atoms with E-state index in [4.69, 9.17) is 0 Å². The number of unbranched alkanes of at least 4 members (excludes halogenated alkanes) is 8. The summed E-state index contributed by atoms with van der Waals surface area (Å²) in [7, 11) is -8.14. The summed E-state index contributed by atoms with van der Waals surface area (Å²) in [6.07, 6.45) is 9.03. The molecule has 0 aliphatic rings. The van der Waals surface area contributed by atoms with Crippen LogP contribution in [0, 0.1) is 0 Å². The van der Waals surface area contributed by atoms with Gasteiger partial charge in [0.05, 0.1) is 26.2 Å². The van der Waals surface area contributed by atoms with Gasteiger partial charge in [-0.1, -0.05) is 53.4 Å². The number of rotatable bonds is 23. The van der Waals surface area contributed by atoms with Crippen molar-refractivity contribution < 1.29 is 92.1 Å². The van der Waals surface area contributed by atoms with Crippen LogP contribution in [0.15, 0.2) is 0 Å². The highest BCUT2D eigenvalue weighted by Crippen LogP contribution is 2.64. The maximum Gasteiger partial charge on any atom is 0.460 e. The number of hydrogen-bond donors (Lipinski definition) is 0. The Hall–Kier alpha value is -1.32. The van der Waals surface area contributed by atoms with E-state index in [1.54, 1.807) is 0 Å². The molecular weight excluding hydrogens is 753 g/mol. The number of nitrogens with zero attached hydrogens (tertiary/aromatic N) is 1. The van der Waals surface area contributed by atoms with Crippen molar-refractivity contribution in [3.05, 3.63) is 0 Å². The molecule has 0 aliphatic carbocycles. The highest BCUT2D eigenvalue weighted by Gasteiger charge is 2.95. The van der Waals surface area contributed by atoms with E-state index >= 15 is 0 Å². The summed E-state index contributed by atoms with van der Waals surface area (Å²) in [5.41, 5.74) is 0. The molecule has 0 aliphatic heterocycles. The summed E-state index contributed by atoms with van der Waals surface area (Å²) in [5, 5.41) is -7.95. The fourth-order valence-corrected chi connectivity index (χ4v) is 5.21. The zero-order valence-corrected chi connectivity index (χ0v) is 28.6. The topological polar surface area (TPSA) is 57.2 Å². The Morgan fingerprint density at radius 3 is 0.820 bits per heavy atom. The molecular formula is C28H44F17NO3S. The van der Waals surface area contributed by atoms with E-state index in [0.717, 1.165) is 0 Å². The summed E-state index contributed by atoms with van der Waals surface area (Å²) >= 11 is 0. The van der Waals surface area contributed by atoms with Gasteiger partial charge < -0.3 is 9.04 Å². The van der Waals surface area contributed by atoms with Gasteiger partial charge in [0.25, 0.3) is 0 Å². The molecule has 0 N–H and O–H groups in total. The predicted octanol–water partition coefficient (Wildman–Crippen LogP) is 11.1. The van der Waals surface area contributed by atoms with Crippen LogP contribution in [0.5, 0.6) is 0 Å². The van der Waals surface area contributed by atoms with Crippen LogP contribution >= 0.6 is 0 Å². The molecule has 0 aromatic carbocycles. The first-order valence-corrected chi connectivity index (χ1v) is 17.2. The Morgan fingerprint density at radius 2 is 0.620 bits per heavy atom. The Balaban J connectivity index is 0. The van der Waals surface area contributed by atoms with E-state index in [2.05, 4.69) is 27.7 Å². The Kier molecular flexibility index (Phi) is 18.9. The smallest absolute Gasteiger partial charge is 0.460 e. The van der Waals surface area contributed by atoms with Gasteiger partial charge in [0, 0.05) is 0 Å². The molecule has 50 heavy (non-hydrogen) atoms. The van der Waals surface area contributed by atoms with Gasteiger partial charge in [-0.2, -0.15) is 74.6 Å². The van der Waals surface area contributed by atoms with E-state index in [1.165, 1.54) is 108 Å². The van der Waals surface area contributed by atoms with Gasteiger partial charge in [0.15, 0.2) is 10.1 Å². The number of halogens is 17. The van der Waals surface area contributed by atoms with Gasteiger partial charge >= 0.3 is 47.0 Å². The van der Waals surface area contributed by atoms with Crippen molar-refractivity contribution in [1.29, 1.82) is 0 Å². The summed E-state index contributed by atoms with van der Waals surface area (Å²) in [4.78, 5) is 0. The number of alkyl halides is 17. The Bertz CT molecular complexity index is 1050. The first-order valence-electron chi connectivity index (χ1n) is 15.8. The average molecular weight is 798 g/mol. The predicted molar refractivity (Wildman–Crippen MR) is 148 cm³/mol. The SMILES string of the molecule is CCCCC[N+](CCCCC)(CCCCC)CCCCC.O=S(=O)([O-])C(F)(F)C(F)(F)C(F)(F)C(F)(F)C(F)(F)C(F)(F)C(F)(F)C(F)(F)F. The van der Waals surface area contributed by atoms with Crippen LogP contribution in [0.3, 0.4) is 0 Å². The zero-order valence-electron chi connectivity index (χ0n) is 27.8. The summed E-state index contributed by atoms with van der Waals surface area (Å²) in [6.45, 7) is 15.1. The second-order valence-corrected chi connectivity index (χ2v) is 13.4. The van der Waals surface area contributed by atoms with Crippen LogP contribution in [-0.4, -0.2) is 90.6 Å². The maximum atomic E-state index is 13.0. The second-order valence-electron chi connectivity index (χ2n) is 12.0. The van der Waals surface area contributed by atoms with Crippen molar-refractivity contribution in [1.82, 2.24) is 0 Å². The van der Waals surface area contributed by atoms with E-state index in [1.807, 2.05) is 0 Å². The molecule has 304 valence electrons. The highest BCUT2D eigenvalue weighted by molar-refractivity contribution is 7.86. The second kappa shape index (κ2) is 18.6. The molecule has 0 fully saturated rings. The molecule has 0 saturated carbocycles. The molecule has 0 spiro atoms. The van der Waals surface area contributed by atoms with Crippen molar-refractivity contribution in [2.24, 2.45) is 0 Å². The molecule has 0 heterocycles. The van der Waals surface area contributed by atoms with Crippen LogP contribution in [0.25, 0.3) is 0 Å². The van der Waals surface area contributed by atoms with Crippen molar-refractivity contribution in [3.63, 3.8) is 0 Å². The fourth-order valence-electron chi connectivity index (χ4n) is 4.77. The van der Waals surface area contributed by atoms with Crippen LogP contribution < -0.4 is 0 Å². The lowest BCUT2D eigenvalue weighted by Gasteiger charge is -2.42. The van der Waals surface area contributed by atoms with Crippen molar-refractivity contribution in [2.75, 3.05) is 26.2 Å². The molecule has 0 rings (SSSR count). The monoisotopic (exact) mass is 797 g/mol. The molecule has 0 bridgehead atoms. The van der Waals surface area contributed by atoms with Crippen molar-refractivity contribution in [3.8, 4) is 0 Å². The average Bonchev–Trinajstić information content (AvgIpc) is 2.96. The summed E-state index contributed by atoms with van der Waals surface area (Å²) in [6, 6.07) is 0. The minimum absolute atomic E-state index is 1.36. The van der Waals surface area contributed by atoms with E-state index < -0.39 is 57.1 Å². The summed E-state index contributed by atoms with van der Waals surface area (Å²) in [5.74, 6) is -52.1. The van der Waals surface area contributed by atoms with Crippen molar-refractivity contribution >= 4 is 10.1 Å². The highest BCUT2D eigenvalue weighted by atomic mass is 32.2. The molecule has 22 heteroatoms. The molecule has 0 aromatic heterocycles. The molecule has 0 radical (unpaired) electrons. The van der Waals surface area contributed by atoms with Gasteiger partial charge in [-0.15, -0.1) is 0 Å². The molecule has 0 saturated heterocycles. The fraction of sp³-hybridized carbons (Fsp3) is 1.00. The lowest BCUT2D eigenvalue weighted by molar-refractivity contribution is -0.929. The van der Waals surface area contributed by atoms with E-state index in [0.29, 0.717) is 0 Å². The minimum Gasteiger partial charge on any atom is -0.743 e. The van der Waals surface area contributed by atoms with Gasteiger partial charge in [-0.3, -0.25) is 0 Å². The zero-order chi connectivity index (χ0) is 40.3. The summed E-state index contributed by atoms with van der Waals surface area (Å²) < 4.78 is 245. The molecule has 0 amide bonds. The third-order valence-electron chi connectivity index (χ3n) is 7.95. The van der Waals surface area contributed by atoms with Crippen LogP contribution in [-0.2, 0) is 10.1 Å². The molecule has 4 nitrogen and oxygen atoms in total. The van der Waals surface area contributed by atoms with Crippen LogP contribution in [0.1, 0.15) is 105 Å². The molecule has 0 aromatic rings. The first kappa shape index (κ1) is 50.8. The van der Waals surface area contributed by atoms with Gasteiger partial charge in [-0.25, -0.2) is 8.42 Å². The van der Waals surface area contributed by atoms with E-state index in [-0.39, 0.29) is 0 Å². The van der Waals surface area contributed by atoms with Gasteiger partial charge in [0.2, 0.25) is 0 Å². The van der Waals surface area contributed by atoms with Crippen molar-refractivity contribution in [2.45, 2.75) is 152 Å². The Labute approximate surface area is 280 Å². The third-order valence-corrected chi connectivity index (χ3v) is 8.84. The lowest BCUT2D eigenvalue weighted by atomic mass is 9.91. The maximum absolute atomic E-state index is 13.0. The first-order chi connectivity index (χ1) is 22.2. The number of quaternary nitrogens is 1. The van der Waals surface area contributed by atoms with Gasteiger partial charge in [0.1, 0.15) is 0 Å². The van der Waals surface area contributed by atoms with Crippen LogP contribution in [0.2, 0.25) is 0 Å². The number of hydrogen-bond acceptors (Lipinski definition) is 3. The quantitative estimate of drug-likeness (QED) is 0.0448. The normalized spacial score (nSPS) is 14.8.